The van der Waals surface area contributed by atoms with Gasteiger partial charge in [0.05, 0.1) is 15.4 Å². The Labute approximate surface area is 99.6 Å². The molecule has 0 radical (unpaired) electrons. The van der Waals surface area contributed by atoms with E-state index in [2.05, 4.69) is 11.9 Å². The van der Waals surface area contributed by atoms with Gasteiger partial charge >= 0.3 is 29.6 Å². The van der Waals surface area contributed by atoms with Crippen molar-refractivity contribution in [1.29, 1.82) is 0 Å². The van der Waals surface area contributed by atoms with Crippen molar-refractivity contribution in [2.75, 3.05) is 6.54 Å². The largest absolute Gasteiger partial charge is 1.00 e. The first-order chi connectivity index (χ1) is 5.38. The molecule has 0 saturated heterocycles. The molecular weight excluding hydrogens is 205 g/mol. The molecule has 0 aliphatic heterocycles. The smallest absolute Gasteiger partial charge is 0.748 e. The number of carbonyl (C=O) groups is 1. The molecule has 70 valence electrons. The summed E-state index contributed by atoms with van der Waals surface area (Å²) in [7, 11) is -4.31. The molecule has 13 heavy (non-hydrogen) atoms. The predicted molar refractivity (Wildman–Crippen MR) is 42.4 cm³/mol. The average Bonchev–Trinajstić information content (AvgIpc) is 1.97. The van der Waals surface area contributed by atoms with Gasteiger partial charge in [0.15, 0.2) is 0 Å². The first kappa shape index (κ1) is 15.6. The molecule has 0 spiro atoms. The van der Waals surface area contributed by atoms with Crippen molar-refractivity contribution < 1.29 is 47.3 Å². The zero-order valence-corrected chi connectivity index (χ0v) is 10.4. The van der Waals surface area contributed by atoms with Gasteiger partial charge in [-0.1, -0.05) is 6.58 Å². The van der Waals surface area contributed by atoms with Gasteiger partial charge in [0.1, 0.15) is 0 Å². The molecule has 0 aromatic rings. The number of rotatable bonds is 4. The third-order valence-corrected chi connectivity index (χ3v) is 2.39. The number of nitrogens with one attached hydrogen (secondary N) is 1. The van der Waals surface area contributed by atoms with E-state index in [0.717, 1.165) is 6.08 Å². The van der Waals surface area contributed by atoms with Gasteiger partial charge in [0, 0.05) is 6.54 Å². The van der Waals surface area contributed by atoms with Gasteiger partial charge in [-0.15, -0.1) is 0 Å². The van der Waals surface area contributed by atoms with Crippen LogP contribution in [-0.4, -0.2) is 30.7 Å². The second kappa shape index (κ2) is 6.56. The van der Waals surface area contributed by atoms with Crippen molar-refractivity contribution in [3.63, 3.8) is 0 Å². The zero-order chi connectivity index (χ0) is 9.78. The molecule has 7 heteroatoms. The third-order valence-electron chi connectivity index (χ3n) is 1.24. The van der Waals surface area contributed by atoms with E-state index >= 15 is 0 Å². The third kappa shape index (κ3) is 7.21. The SMILES string of the molecule is C=CC(=O)NCC(C)S(=O)(=O)[O-].[Na+]. The minimum Gasteiger partial charge on any atom is -0.748 e. The summed E-state index contributed by atoms with van der Waals surface area (Å²) in [4.78, 5) is 10.5. The van der Waals surface area contributed by atoms with E-state index in [9.17, 15) is 17.8 Å². The Morgan fingerprint density at radius 3 is 2.46 bits per heavy atom. The van der Waals surface area contributed by atoms with Gasteiger partial charge in [-0.05, 0) is 13.0 Å². The van der Waals surface area contributed by atoms with Crippen LogP contribution in [-0.2, 0) is 14.9 Å². The Bertz CT molecular complexity index is 274. The molecule has 0 heterocycles. The topological polar surface area (TPSA) is 86.3 Å². The van der Waals surface area contributed by atoms with E-state index in [4.69, 9.17) is 0 Å². The molecule has 0 aliphatic carbocycles. The van der Waals surface area contributed by atoms with Crippen molar-refractivity contribution in [2.45, 2.75) is 12.2 Å². The molecule has 0 aromatic carbocycles. The van der Waals surface area contributed by atoms with E-state index in [0.29, 0.717) is 0 Å². The molecule has 1 atom stereocenters. The van der Waals surface area contributed by atoms with Crippen LogP contribution in [0.2, 0.25) is 0 Å². The van der Waals surface area contributed by atoms with Crippen LogP contribution in [0.25, 0.3) is 0 Å². The molecular formula is C6H10NNaO4S. The molecule has 0 rings (SSSR count). The zero-order valence-electron chi connectivity index (χ0n) is 7.61. The summed E-state index contributed by atoms with van der Waals surface area (Å²) in [5.74, 6) is -0.495. The summed E-state index contributed by atoms with van der Waals surface area (Å²) in [5.41, 5.74) is 0. The standard InChI is InChI=1S/C6H11NO4S.Na/c1-3-6(8)7-4-5(2)12(9,10)11;/h3,5H,1,4H2,2H3,(H,7,8)(H,9,10,11);/q;+1/p-1. The first-order valence-corrected chi connectivity index (χ1v) is 4.70. The van der Waals surface area contributed by atoms with Gasteiger partial charge in [-0.25, -0.2) is 8.42 Å². The summed E-state index contributed by atoms with van der Waals surface area (Å²) < 4.78 is 30.9. The van der Waals surface area contributed by atoms with Crippen LogP contribution in [0.15, 0.2) is 12.7 Å². The quantitative estimate of drug-likeness (QED) is 0.296. The predicted octanol–water partition coefficient (Wildman–Crippen LogP) is -3.77. The first-order valence-electron chi connectivity index (χ1n) is 3.23. The van der Waals surface area contributed by atoms with Crippen LogP contribution in [0, 0.1) is 0 Å². The summed E-state index contributed by atoms with van der Waals surface area (Å²) in [6.07, 6.45) is 1.00. The fourth-order valence-electron chi connectivity index (χ4n) is 0.419. The maximum absolute atomic E-state index is 10.5. The van der Waals surface area contributed by atoms with Gasteiger partial charge < -0.3 is 9.87 Å². The van der Waals surface area contributed by atoms with Crippen molar-refractivity contribution in [2.24, 2.45) is 0 Å². The Balaban J connectivity index is 0. The van der Waals surface area contributed by atoms with Crippen LogP contribution in [0.3, 0.4) is 0 Å². The van der Waals surface area contributed by atoms with Crippen LogP contribution in [0.1, 0.15) is 6.92 Å². The van der Waals surface area contributed by atoms with Crippen LogP contribution >= 0.6 is 0 Å². The number of hydrogen-bond donors (Lipinski definition) is 1. The Morgan fingerprint density at radius 1 is 1.69 bits per heavy atom. The van der Waals surface area contributed by atoms with Crippen LogP contribution in [0.5, 0.6) is 0 Å². The van der Waals surface area contributed by atoms with Crippen molar-refractivity contribution in [3.8, 4) is 0 Å². The summed E-state index contributed by atoms with van der Waals surface area (Å²) in [6.45, 7) is 4.21. The van der Waals surface area contributed by atoms with Crippen molar-refractivity contribution in [3.05, 3.63) is 12.7 Å². The fourth-order valence-corrected chi connectivity index (χ4v) is 0.706. The second-order valence-electron chi connectivity index (χ2n) is 2.25. The minimum atomic E-state index is -4.31. The molecule has 0 aromatic heterocycles. The molecule has 0 bridgehead atoms. The molecule has 1 unspecified atom stereocenters. The molecule has 1 N–H and O–H groups in total. The Morgan fingerprint density at radius 2 is 2.15 bits per heavy atom. The average molecular weight is 215 g/mol. The molecule has 5 nitrogen and oxygen atoms in total. The number of amides is 1. The van der Waals surface area contributed by atoms with Gasteiger partial charge in [0.25, 0.3) is 0 Å². The maximum atomic E-state index is 10.5. The molecule has 0 fully saturated rings. The van der Waals surface area contributed by atoms with E-state index in [1.165, 1.54) is 6.92 Å². The number of carbonyl (C=O) groups excluding carboxylic acids is 1. The van der Waals surface area contributed by atoms with Gasteiger partial charge in [0.2, 0.25) is 5.91 Å². The monoisotopic (exact) mass is 215 g/mol. The summed E-state index contributed by atoms with van der Waals surface area (Å²) in [5, 5.41) is 1.09. The minimum absolute atomic E-state index is 0. The number of hydrogen-bond acceptors (Lipinski definition) is 4. The van der Waals surface area contributed by atoms with E-state index < -0.39 is 21.3 Å². The molecule has 0 saturated carbocycles. The maximum Gasteiger partial charge on any atom is 1.00 e. The van der Waals surface area contributed by atoms with Crippen LogP contribution in [0.4, 0.5) is 0 Å². The second-order valence-corrected chi connectivity index (χ2v) is 4.04. The van der Waals surface area contributed by atoms with E-state index in [1.807, 2.05) is 0 Å². The van der Waals surface area contributed by atoms with E-state index in [1.54, 1.807) is 0 Å². The van der Waals surface area contributed by atoms with Crippen molar-refractivity contribution >= 4 is 16.0 Å². The van der Waals surface area contributed by atoms with Crippen molar-refractivity contribution in [1.82, 2.24) is 5.32 Å². The Kier molecular flexibility index (Phi) is 7.86. The normalized spacial score (nSPS) is 12.5. The molecule has 0 aliphatic rings. The Hall–Kier alpha value is 0.120. The summed E-state index contributed by atoms with van der Waals surface area (Å²) >= 11 is 0. The molecule has 1 amide bonds. The fraction of sp³-hybridized carbons (Fsp3) is 0.500. The van der Waals surface area contributed by atoms with Gasteiger partial charge in [-0.3, -0.25) is 4.79 Å². The van der Waals surface area contributed by atoms with Gasteiger partial charge in [-0.2, -0.15) is 0 Å². The van der Waals surface area contributed by atoms with Crippen LogP contribution < -0.4 is 34.9 Å². The summed E-state index contributed by atoms with van der Waals surface area (Å²) in [6, 6.07) is 0. The van der Waals surface area contributed by atoms with E-state index in [-0.39, 0.29) is 36.1 Å².